The Kier molecular flexibility index (Phi) is 5.71. The summed E-state index contributed by atoms with van der Waals surface area (Å²) in [5.41, 5.74) is 0.839. The van der Waals surface area contributed by atoms with Crippen molar-refractivity contribution in [2.24, 2.45) is 0 Å². The first kappa shape index (κ1) is 19.9. The number of nitrogens with zero attached hydrogens (tertiary/aromatic N) is 1. The summed E-state index contributed by atoms with van der Waals surface area (Å²) in [7, 11) is -4.03. The number of anilines is 1. The minimum atomic E-state index is -4.03. The van der Waals surface area contributed by atoms with Crippen molar-refractivity contribution in [3.63, 3.8) is 0 Å². The maximum atomic E-state index is 13.2. The van der Waals surface area contributed by atoms with Gasteiger partial charge in [-0.05, 0) is 64.1 Å². The monoisotopic (exact) mass is 378 g/mol. The normalized spacial score (nSPS) is 11.9. The molecule has 26 heavy (non-hydrogen) atoms. The van der Waals surface area contributed by atoms with E-state index < -0.39 is 27.3 Å². The van der Waals surface area contributed by atoms with Crippen LogP contribution in [-0.2, 0) is 14.8 Å². The van der Waals surface area contributed by atoms with Crippen LogP contribution in [0.4, 0.5) is 10.1 Å². The number of sulfonamides is 1. The summed E-state index contributed by atoms with van der Waals surface area (Å²) in [4.78, 5) is 12.3. The molecule has 1 amide bonds. The highest BCUT2D eigenvalue weighted by atomic mass is 32.2. The first-order valence-corrected chi connectivity index (χ1v) is 9.59. The molecule has 0 heterocycles. The maximum Gasteiger partial charge on any atom is 0.264 e. The van der Waals surface area contributed by atoms with E-state index in [1.165, 1.54) is 12.1 Å². The van der Waals surface area contributed by atoms with Crippen LogP contribution in [-0.4, -0.2) is 26.4 Å². The summed E-state index contributed by atoms with van der Waals surface area (Å²) in [6, 6.07) is 11.3. The van der Waals surface area contributed by atoms with Crippen molar-refractivity contribution in [2.45, 2.75) is 38.1 Å². The Morgan fingerprint density at radius 2 is 1.58 bits per heavy atom. The van der Waals surface area contributed by atoms with Crippen molar-refractivity contribution in [1.29, 1.82) is 0 Å². The average molecular weight is 378 g/mol. The van der Waals surface area contributed by atoms with E-state index in [1.807, 2.05) is 27.7 Å². The number of nitrogens with one attached hydrogen (secondary N) is 1. The van der Waals surface area contributed by atoms with Crippen LogP contribution in [0.1, 0.15) is 26.3 Å². The number of amides is 1. The lowest BCUT2D eigenvalue weighted by atomic mass is 10.1. The predicted molar refractivity (Wildman–Crippen MR) is 100 cm³/mol. The Bertz CT molecular complexity index is 870. The molecule has 0 atom stereocenters. The van der Waals surface area contributed by atoms with Gasteiger partial charge in [-0.25, -0.2) is 12.8 Å². The van der Waals surface area contributed by atoms with Gasteiger partial charge in [0, 0.05) is 5.54 Å². The van der Waals surface area contributed by atoms with E-state index in [9.17, 15) is 17.6 Å². The van der Waals surface area contributed by atoms with Gasteiger partial charge in [-0.3, -0.25) is 9.10 Å². The molecule has 0 unspecified atom stereocenters. The summed E-state index contributed by atoms with van der Waals surface area (Å²) in [5.74, 6) is -0.958. The second-order valence-electron chi connectivity index (χ2n) is 7.10. The van der Waals surface area contributed by atoms with Gasteiger partial charge in [0.15, 0.2) is 0 Å². The largest absolute Gasteiger partial charge is 0.350 e. The van der Waals surface area contributed by atoms with Crippen molar-refractivity contribution >= 4 is 21.6 Å². The quantitative estimate of drug-likeness (QED) is 0.869. The lowest BCUT2D eigenvalue weighted by Gasteiger charge is -2.27. The third-order valence-electron chi connectivity index (χ3n) is 3.53. The van der Waals surface area contributed by atoms with E-state index in [4.69, 9.17) is 0 Å². The molecule has 2 rings (SSSR count). The molecule has 1 N–H and O–H groups in total. The maximum absolute atomic E-state index is 13.2. The van der Waals surface area contributed by atoms with Gasteiger partial charge >= 0.3 is 0 Å². The first-order chi connectivity index (χ1) is 12.0. The highest BCUT2D eigenvalue weighted by Crippen LogP contribution is 2.24. The second-order valence-corrected chi connectivity index (χ2v) is 8.96. The van der Waals surface area contributed by atoms with Crippen molar-refractivity contribution in [1.82, 2.24) is 5.32 Å². The topological polar surface area (TPSA) is 66.5 Å². The van der Waals surface area contributed by atoms with Crippen molar-refractivity contribution in [3.8, 4) is 0 Å². The molecule has 2 aromatic rings. The zero-order valence-corrected chi connectivity index (χ0v) is 16.1. The van der Waals surface area contributed by atoms with E-state index >= 15 is 0 Å². The van der Waals surface area contributed by atoms with Gasteiger partial charge < -0.3 is 5.32 Å². The van der Waals surface area contributed by atoms with Gasteiger partial charge in [0.25, 0.3) is 10.0 Å². The van der Waals surface area contributed by atoms with Crippen molar-refractivity contribution in [2.75, 3.05) is 10.8 Å². The Morgan fingerprint density at radius 3 is 2.08 bits per heavy atom. The molecule has 5 nitrogen and oxygen atoms in total. The summed E-state index contributed by atoms with van der Waals surface area (Å²) < 4.78 is 40.3. The van der Waals surface area contributed by atoms with Crippen molar-refractivity contribution < 1.29 is 17.6 Å². The Balaban J connectivity index is 2.44. The number of hydrogen-bond donors (Lipinski definition) is 1. The molecule has 140 valence electrons. The number of hydrogen-bond acceptors (Lipinski definition) is 3. The molecule has 2 aromatic carbocycles. The summed E-state index contributed by atoms with van der Waals surface area (Å²) in [5, 5.41) is 2.76. The fraction of sp³-hybridized carbons (Fsp3) is 0.316. The molecule has 0 aromatic heterocycles. The van der Waals surface area contributed by atoms with E-state index in [-0.39, 0.29) is 11.4 Å². The summed E-state index contributed by atoms with van der Waals surface area (Å²) in [6.45, 7) is 6.95. The zero-order chi connectivity index (χ0) is 19.5. The Labute approximate surface area is 153 Å². The van der Waals surface area contributed by atoms with Crippen LogP contribution in [0.2, 0.25) is 0 Å². The number of carbonyl (C=O) groups is 1. The molecule has 0 aliphatic heterocycles. The van der Waals surface area contributed by atoms with E-state index in [2.05, 4.69) is 5.32 Å². The molecule has 0 spiro atoms. The minimum Gasteiger partial charge on any atom is -0.350 e. The van der Waals surface area contributed by atoms with Crippen LogP contribution in [0.15, 0.2) is 53.4 Å². The highest BCUT2D eigenvalue weighted by Gasteiger charge is 2.28. The van der Waals surface area contributed by atoms with Crippen LogP contribution >= 0.6 is 0 Å². The number of rotatable bonds is 5. The fourth-order valence-corrected chi connectivity index (χ4v) is 3.77. The van der Waals surface area contributed by atoms with E-state index in [1.54, 1.807) is 24.3 Å². The van der Waals surface area contributed by atoms with Gasteiger partial charge in [0.2, 0.25) is 5.91 Å². The van der Waals surface area contributed by atoms with Gasteiger partial charge in [-0.15, -0.1) is 0 Å². The third kappa shape index (κ3) is 5.05. The first-order valence-electron chi connectivity index (χ1n) is 8.15. The molecular formula is C19H23FN2O3S. The van der Waals surface area contributed by atoms with Crippen LogP contribution in [0, 0.1) is 12.7 Å². The number of halogens is 1. The van der Waals surface area contributed by atoms with Crippen LogP contribution in [0.3, 0.4) is 0 Å². The number of carbonyl (C=O) groups excluding carboxylic acids is 1. The molecule has 7 heteroatoms. The lowest BCUT2D eigenvalue weighted by molar-refractivity contribution is -0.121. The SMILES string of the molecule is Cc1ccc(N(CC(=O)NC(C)(C)C)S(=O)(=O)c2ccc(F)cc2)cc1. The van der Waals surface area contributed by atoms with Crippen LogP contribution in [0.25, 0.3) is 0 Å². The Morgan fingerprint density at radius 1 is 1.04 bits per heavy atom. The van der Waals surface area contributed by atoms with E-state index in [0.29, 0.717) is 5.69 Å². The zero-order valence-electron chi connectivity index (χ0n) is 15.3. The summed E-state index contributed by atoms with van der Waals surface area (Å²) in [6.07, 6.45) is 0. The molecule has 0 radical (unpaired) electrons. The minimum absolute atomic E-state index is 0.0805. The molecule has 0 saturated heterocycles. The van der Waals surface area contributed by atoms with Gasteiger partial charge in [-0.2, -0.15) is 0 Å². The third-order valence-corrected chi connectivity index (χ3v) is 5.31. The number of aryl methyl sites for hydroxylation is 1. The van der Waals surface area contributed by atoms with Gasteiger partial charge in [0.1, 0.15) is 12.4 Å². The predicted octanol–water partition coefficient (Wildman–Crippen LogP) is 3.24. The lowest BCUT2D eigenvalue weighted by Crippen LogP contribution is -2.47. The van der Waals surface area contributed by atoms with Crippen LogP contribution < -0.4 is 9.62 Å². The standard InChI is InChI=1S/C19H23FN2O3S/c1-14-5-9-16(10-6-14)22(13-18(23)21-19(2,3)4)26(24,25)17-11-7-15(20)8-12-17/h5-12H,13H2,1-4H3,(H,21,23). The fourth-order valence-electron chi connectivity index (χ4n) is 2.35. The molecule has 0 aliphatic carbocycles. The highest BCUT2D eigenvalue weighted by molar-refractivity contribution is 7.92. The Hall–Kier alpha value is -2.41. The molecule has 0 aliphatic rings. The molecule has 0 bridgehead atoms. The van der Waals surface area contributed by atoms with Crippen LogP contribution in [0.5, 0.6) is 0 Å². The number of benzene rings is 2. The smallest absolute Gasteiger partial charge is 0.264 e. The van der Waals surface area contributed by atoms with E-state index in [0.717, 1.165) is 22.0 Å². The molecular weight excluding hydrogens is 355 g/mol. The average Bonchev–Trinajstić information content (AvgIpc) is 2.52. The van der Waals surface area contributed by atoms with Crippen molar-refractivity contribution in [3.05, 3.63) is 59.9 Å². The van der Waals surface area contributed by atoms with Gasteiger partial charge in [-0.1, -0.05) is 17.7 Å². The summed E-state index contributed by atoms with van der Waals surface area (Å²) >= 11 is 0. The second kappa shape index (κ2) is 7.45. The van der Waals surface area contributed by atoms with Gasteiger partial charge in [0.05, 0.1) is 10.6 Å². The molecule has 0 fully saturated rings. The molecule has 0 saturated carbocycles.